The monoisotopic (exact) mass is 364 g/mol. The molecule has 1 saturated heterocycles. The Kier molecular flexibility index (Phi) is 5.50. The fraction of sp³-hybridized carbons (Fsp3) is 0.455. The van der Waals surface area contributed by atoms with Gasteiger partial charge in [-0.25, -0.2) is 0 Å². The summed E-state index contributed by atoms with van der Waals surface area (Å²) in [6, 6.07) is 10.5. The molecule has 27 heavy (non-hydrogen) atoms. The van der Waals surface area contributed by atoms with Gasteiger partial charge in [0.1, 0.15) is 0 Å². The summed E-state index contributed by atoms with van der Waals surface area (Å²) in [5.74, 6) is 0.155. The standard InChI is InChI=1S/C22H28N4O/c1-25-12-7-21(8-13-25)26(16-17-4-9-23-10-5-17)22(27)19-2-3-20-15-24-11-6-18(20)14-19/h2-5,9-10,14,21,24H,6-8,11-13,15-16H2,1H3. The average Bonchev–Trinajstić information content (AvgIpc) is 2.73. The third kappa shape index (κ3) is 4.20. The second-order valence-corrected chi connectivity index (χ2v) is 7.73. The summed E-state index contributed by atoms with van der Waals surface area (Å²) in [5, 5.41) is 3.39. The van der Waals surface area contributed by atoms with Gasteiger partial charge in [-0.1, -0.05) is 6.07 Å². The van der Waals surface area contributed by atoms with Crippen LogP contribution in [-0.4, -0.2) is 53.4 Å². The van der Waals surface area contributed by atoms with Crippen LogP contribution < -0.4 is 5.32 Å². The number of amides is 1. The molecule has 5 nitrogen and oxygen atoms in total. The van der Waals surface area contributed by atoms with Crippen molar-refractivity contribution in [3.8, 4) is 0 Å². The third-order valence-corrected chi connectivity index (χ3v) is 5.83. The van der Waals surface area contributed by atoms with Crippen molar-refractivity contribution in [3.05, 3.63) is 65.0 Å². The number of rotatable bonds is 4. The number of fused-ring (bicyclic) bond motifs is 1. The van der Waals surface area contributed by atoms with E-state index >= 15 is 0 Å². The predicted molar refractivity (Wildman–Crippen MR) is 106 cm³/mol. The van der Waals surface area contributed by atoms with Gasteiger partial charge >= 0.3 is 0 Å². The average molecular weight is 364 g/mol. The zero-order valence-electron chi connectivity index (χ0n) is 16.0. The molecule has 2 aliphatic heterocycles. The van der Waals surface area contributed by atoms with Crippen LogP contribution in [0.15, 0.2) is 42.7 Å². The fourth-order valence-corrected chi connectivity index (χ4v) is 4.13. The van der Waals surface area contributed by atoms with Crippen molar-refractivity contribution in [2.24, 2.45) is 0 Å². The van der Waals surface area contributed by atoms with Crippen molar-refractivity contribution >= 4 is 5.91 Å². The zero-order valence-corrected chi connectivity index (χ0v) is 16.0. The van der Waals surface area contributed by atoms with Crippen LogP contribution in [0.5, 0.6) is 0 Å². The van der Waals surface area contributed by atoms with Gasteiger partial charge in [0.2, 0.25) is 0 Å². The van der Waals surface area contributed by atoms with Crippen LogP contribution in [0.3, 0.4) is 0 Å². The first-order chi connectivity index (χ1) is 13.2. The van der Waals surface area contributed by atoms with Crippen LogP contribution in [0.1, 0.15) is 39.9 Å². The molecule has 5 heteroatoms. The molecule has 0 atom stereocenters. The van der Waals surface area contributed by atoms with Gasteiger partial charge in [0.25, 0.3) is 5.91 Å². The molecule has 2 aliphatic rings. The molecule has 0 radical (unpaired) electrons. The van der Waals surface area contributed by atoms with E-state index in [0.717, 1.165) is 56.6 Å². The summed E-state index contributed by atoms with van der Waals surface area (Å²) in [6.07, 6.45) is 6.66. The van der Waals surface area contributed by atoms with Crippen LogP contribution in [0.4, 0.5) is 0 Å². The highest BCUT2D eigenvalue weighted by Gasteiger charge is 2.28. The number of nitrogens with zero attached hydrogens (tertiary/aromatic N) is 3. The lowest BCUT2D eigenvalue weighted by Crippen LogP contribution is -2.46. The highest BCUT2D eigenvalue weighted by molar-refractivity contribution is 5.94. The van der Waals surface area contributed by atoms with Crippen LogP contribution in [0.2, 0.25) is 0 Å². The maximum absolute atomic E-state index is 13.5. The maximum atomic E-state index is 13.5. The maximum Gasteiger partial charge on any atom is 0.254 e. The van der Waals surface area contributed by atoms with Crippen molar-refractivity contribution in [3.63, 3.8) is 0 Å². The predicted octanol–water partition coefficient (Wildman–Crippen LogP) is 2.46. The highest BCUT2D eigenvalue weighted by atomic mass is 16.2. The fourth-order valence-electron chi connectivity index (χ4n) is 4.13. The van der Waals surface area contributed by atoms with Crippen molar-refractivity contribution in [2.75, 3.05) is 26.7 Å². The normalized spacial score (nSPS) is 18.1. The van der Waals surface area contributed by atoms with Gasteiger partial charge in [-0.3, -0.25) is 9.78 Å². The number of carbonyl (C=O) groups is 1. The van der Waals surface area contributed by atoms with Crippen molar-refractivity contribution < 1.29 is 4.79 Å². The molecule has 0 aliphatic carbocycles. The van der Waals surface area contributed by atoms with Gasteiger partial charge in [-0.2, -0.15) is 0 Å². The van der Waals surface area contributed by atoms with E-state index in [-0.39, 0.29) is 5.91 Å². The first-order valence-corrected chi connectivity index (χ1v) is 9.91. The lowest BCUT2D eigenvalue weighted by Gasteiger charge is -2.37. The summed E-state index contributed by atoms with van der Waals surface area (Å²) < 4.78 is 0. The van der Waals surface area contributed by atoms with Crippen molar-refractivity contribution in [1.29, 1.82) is 0 Å². The molecule has 1 amide bonds. The van der Waals surface area contributed by atoms with Gasteiger partial charge in [-0.15, -0.1) is 0 Å². The lowest BCUT2D eigenvalue weighted by molar-refractivity contribution is 0.0569. The van der Waals surface area contributed by atoms with Crippen LogP contribution in [0, 0.1) is 0 Å². The van der Waals surface area contributed by atoms with E-state index in [9.17, 15) is 4.79 Å². The van der Waals surface area contributed by atoms with E-state index in [2.05, 4.69) is 39.3 Å². The SMILES string of the molecule is CN1CCC(N(Cc2ccncc2)C(=O)c2ccc3c(c2)CCNC3)CC1. The summed E-state index contributed by atoms with van der Waals surface area (Å²) in [7, 11) is 2.16. The molecule has 0 unspecified atom stereocenters. The molecule has 0 saturated carbocycles. The number of hydrogen-bond donors (Lipinski definition) is 1. The van der Waals surface area contributed by atoms with Crippen molar-refractivity contribution in [1.82, 2.24) is 20.1 Å². The number of benzene rings is 1. The number of hydrogen-bond acceptors (Lipinski definition) is 4. The second kappa shape index (κ2) is 8.19. The zero-order chi connectivity index (χ0) is 18.6. The highest BCUT2D eigenvalue weighted by Crippen LogP contribution is 2.23. The minimum atomic E-state index is 0.155. The van der Waals surface area contributed by atoms with Gasteiger partial charge in [0.15, 0.2) is 0 Å². The molecule has 3 heterocycles. The minimum absolute atomic E-state index is 0.155. The summed E-state index contributed by atoms with van der Waals surface area (Å²) in [6.45, 7) is 4.62. The molecule has 0 bridgehead atoms. The largest absolute Gasteiger partial charge is 0.331 e. The molecular weight excluding hydrogens is 336 g/mol. The Morgan fingerprint density at radius 1 is 1.19 bits per heavy atom. The minimum Gasteiger partial charge on any atom is -0.331 e. The van der Waals surface area contributed by atoms with Crippen molar-refractivity contribution in [2.45, 2.75) is 38.4 Å². The van der Waals surface area contributed by atoms with Crippen LogP contribution in [-0.2, 0) is 19.5 Å². The van der Waals surface area contributed by atoms with E-state index < -0.39 is 0 Å². The quantitative estimate of drug-likeness (QED) is 0.905. The Morgan fingerprint density at radius 2 is 1.96 bits per heavy atom. The molecule has 0 spiro atoms. The molecule has 4 rings (SSSR count). The molecule has 1 aromatic heterocycles. The number of carbonyl (C=O) groups excluding carboxylic acids is 1. The van der Waals surface area contributed by atoms with E-state index in [1.807, 2.05) is 18.2 Å². The molecular formula is C22H28N4O. The Hall–Kier alpha value is -2.24. The Balaban J connectivity index is 1.59. The first kappa shape index (κ1) is 18.1. The Labute approximate surface area is 161 Å². The van der Waals surface area contributed by atoms with E-state index in [4.69, 9.17) is 0 Å². The van der Waals surface area contributed by atoms with Crippen LogP contribution >= 0.6 is 0 Å². The van der Waals surface area contributed by atoms with E-state index in [1.54, 1.807) is 12.4 Å². The second-order valence-electron chi connectivity index (χ2n) is 7.73. The van der Waals surface area contributed by atoms with Crippen LogP contribution in [0.25, 0.3) is 0 Å². The molecule has 1 N–H and O–H groups in total. The van der Waals surface area contributed by atoms with Gasteiger partial charge < -0.3 is 15.1 Å². The molecule has 1 aromatic carbocycles. The summed E-state index contributed by atoms with van der Waals surface area (Å²) in [5.41, 5.74) is 4.59. The van der Waals surface area contributed by atoms with E-state index in [1.165, 1.54) is 11.1 Å². The van der Waals surface area contributed by atoms with E-state index in [0.29, 0.717) is 12.6 Å². The number of piperidine rings is 1. The first-order valence-electron chi connectivity index (χ1n) is 9.91. The molecule has 142 valence electrons. The summed E-state index contributed by atoms with van der Waals surface area (Å²) in [4.78, 5) is 22.0. The smallest absolute Gasteiger partial charge is 0.254 e. The number of likely N-dealkylation sites (tertiary alicyclic amines) is 1. The topological polar surface area (TPSA) is 48.5 Å². The third-order valence-electron chi connectivity index (χ3n) is 5.83. The molecule has 1 fully saturated rings. The Morgan fingerprint density at radius 3 is 2.74 bits per heavy atom. The van der Waals surface area contributed by atoms with Gasteiger partial charge in [0, 0.05) is 37.1 Å². The lowest BCUT2D eigenvalue weighted by atomic mass is 9.96. The van der Waals surface area contributed by atoms with Gasteiger partial charge in [0.05, 0.1) is 0 Å². The Bertz CT molecular complexity index is 784. The molecule has 2 aromatic rings. The van der Waals surface area contributed by atoms with Gasteiger partial charge in [-0.05, 0) is 86.9 Å². The number of nitrogens with one attached hydrogen (secondary N) is 1. The number of pyridine rings is 1. The number of aromatic nitrogens is 1. The summed E-state index contributed by atoms with van der Waals surface area (Å²) >= 11 is 0.